The van der Waals surface area contributed by atoms with Crippen LogP contribution >= 0.6 is 0 Å². The van der Waals surface area contributed by atoms with E-state index in [1.54, 1.807) is 18.2 Å². The summed E-state index contributed by atoms with van der Waals surface area (Å²) in [6.45, 7) is 3.88. The fourth-order valence-corrected chi connectivity index (χ4v) is 4.24. The Labute approximate surface area is 183 Å². The van der Waals surface area contributed by atoms with Gasteiger partial charge in [0.25, 0.3) is 6.29 Å². The second-order valence-corrected chi connectivity index (χ2v) is 8.48. The Bertz CT molecular complexity index is 711. The lowest BCUT2D eigenvalue weighted by molar-refractivity contribution is -0.250. The highest BCUT2D eigenvalue weighted by molar-refractivity contribution is 5.70. The van der Waals surface area contributed by atoms with E-state index in [0.717, 1.165) is 25.7 Å². The average molecular weight is 439 g/mol. The molecule has 2 aliphatic rings. The number of ether oxygens (including phenoxy) is 4. The molecule has 0 radical (unpaired) electrons. The minimum atomic E-state index is -1.27. The van der Waals surface area contributed by atoms with Gasteiger partial charge in [-0.1, -0.05) is 25.1 Å². The molecule has 0 amide bonds. The number of rotatable bonds is 9. The molecule has 2 saturated heterocycles. The SMILES string of the molecule is CCC1CC(CCCC(O)CC2C[C@H](C)OC(C(=O)O)O2)OC(c2ccccc2O)O1. The zero-order valence-corrected chi connectivity index (χ0v) is 18.2. The highest BCUT2D eigenvalue weighted by Gasteiger charge is 2.34. The number of benzene rings is 1. The predicted molar refractivity (Wildman–Crippen MR) is 111 cm³/mol. The summed E-state index contributed by atoms with van der Waals surface area (Å²) in [4.78, 5) is 11.1. The van der Waals surface area contributed by atoms with Gasteiger partial charge < -0.3 is 34.3 Å². The first-order chi connectivity index (χ1) is 14.9. The van der Waals surface area contributed by atoms with Crippen LogP contribution in [0.3, 0.4) is 0 Å². The zero-order chi connectivity index (χ0) is 22.4. The van der Waals surface area contributed by atoms with Gasteiger partial charge in [-0.05, 0) is 51.5 Å². The molecule has 7 atom stereocenters. The standard InChI is InChI=1S/C23H34O8/c1-3-16-13-17(30-22(29-16)19-9-4-5-10-20(19)25)8-6-7-15(24)12-18-11-14(2)28-23(31-18)21(26)27/h4-5,9-10,14-18,22-25H,3,6-8,11-13H2,1-2H3,(H,26,27)/t14-,15?,16?,17?,18?,22?,23?/m0/s1. The van der Waals surface area contributed by atoms with Crippen molar-refractivity contribution in [2.24, 2.45) is 0 Å². The van der Waals surface area contributed by atoms with E-state index >= 15 is 0 Å². The minimum Gasteiger partial charge on any atom is -0.507 e. The quantitative estimate of drug-likeness (QED) is 0.537. The van der Waals surface area contributed by atoms with Crippen molar-refractivity contribution in [3.8, 4) is 5.75 Å². The fraction of sp³-hybridized carbons (Fsp3) is 0.696. The molecule has 174 valence electrons. The van der Waals surface area contributed by atoms with Gasteiger partial charge in [-0.2, -0.15) is 0 Å². The monoisotopic (exact) mass is 438 g/mol. The third kappa shape index (κ3) is 6.89. The molecule has 8 nitrogen and oxygen atoms in total. The second kappa shape index (κ2) is 11.2. The minimum absolute atomic E-state index is 0.0220. The molecule has 0 bridgehead atoms. The maximum atomic E-state index is 11.1. The summed E-state index contributed by atoms with van der Waals surface area (Å²) in [6.07, 6.45) is 1.70. The summed E-state index contributed by atoms with van der Waals surface area (Å²) in [7, 11) is 0. The lowest BCUT2D eigenvalue weighted by Gasteiger charge is -2.36. The molecule has 0 saturated carbocycles. The van der Waals surface area contributed by atoms with Crippen molar-refractivity contribution in [3.63, 3.8) is 0 Å². The molecule has 2 fully saturated rings. The van der Waals surface area contributed by atoms with E-state index in [0.29, 0.717) is 24.8 Å². The number of carbonyl (C=O) groups is 1. The van der Waals surface area contributed by atoms with Gasteiger partial charge in [0.15, 0.2) is 6.29 Å². The van der Waals surface area contributed by atoms with E-state index < -0.39 is 24.7 Å². The van der Waals surface area contributed by atoms with Gasteiger partial charge in [0.1, 0.15) is 5.75 Å². The molecule has 0 aromatic heterocycles. The van der Waals surface area contributed by atoms with Crippen molar-refractivity contribution >= 4 is 5.97 Å². The van der Waals surface area contributed by atoms with Crippen LogP contribution in [0.2, 0.25) is 0 Å². The Hall–Kier alpha value is -1.71. The molecule has 31 heavy (non-hydrogen) atoms. The van der Waals surface area contributed by atoms with E-state index in [1.165, 1.54) is 0 Å². The van der Waals surface area contributed by atoms with Crippen molar-refractivity contribution in [2.75, 3.05) is 0 Å². The number of carboxylic acid groups (broad SMARTS) is 1. The van der Waals surface area contributed by atoms with Crippen molar-refractivity contribution in [3.05, 3.63) is 29.8 Å². The normalized spacial score (nSPS) is 32.5. The molecular weight excluding hydrogens is 404 g/mol. The average Bonchev–Trinajstić information content (AvgIpc) is 2.73. The van der Waals surface area contributed by atoms with Crippen LogP contribution in [0.5, 0.6) is 5.75 Å². The third-order valence-corrected chi connectivity index (χ3v) is 5.87. The van der Waals surface area contributed by atoms with Crippen molar-refractivity contribution in [1.82, 2.24) is 0 Å². The summed E-state index contributed by atoms with van der Waals surface area (Å²) in [5, 5.41) is 29.7. The molecule has 3 N–H and O–H groups in total. The highest BCUT2D eigenvalue weighted by atomic mass is 16.7. The van der Waals surface area contributed by atoms with Gasteiger partial charge in [0, 0.05) is 12.0 Å². The first kappa shape index (κ1) is 23.9. The molecule has 6 unspecified atom stereocenters. The molecule has 2 aliphatic heterocycles. The Kier molecular flexibility index (Phi) is 8.68. The highest BCUT2D eigenvalue weighted by Crippen LogP contribution is 2.36. The molecule has 2 heterocycles. The Morgan fingerprint density at radius 3 is 2.55 bits per heavy atom. The predicted octanol–water partition coefficient (Wildman–Crippen LogP) is 3.50. The summed E-state index contributed by atoms with van der Waals surface area (Å²) in [5.41, 5.74) is 0.629. The number of para-hydroxylation sites is 1. The number of aliphatic hydroxyl groups excluding tert-OH is 1. The molecule has 8 heteroatoms. The first-order valence-electron chi connectivity index (χ1n) is 11.2. The van der Waals surface area contributed by atoms with E-state index in [2.05, 4.69) is 6.92 Å². The number of aromatic hydroxyl groups is 1. The maximum Gasteiger partial charge on any atom is 0.361 e. The largest absolute Gasteiger partial charge is 0.507 e. The second-order valence-electron chi connectivity index (χ2n) is 8.48. The zero-order valence-electron chi connectivity index (χ0n) is 18.2. The summed E-state index contributed by atoms with van der Waals surface area (Å²) in [5.74, 6) is -0.990. The van der Waals surface area contributed by atoms with Crippen LogP contribution in [0.15, 0.2) is 24.3 Å². The number of aliphatic hydroxyl groups is 1. The molecule has 1 aromatic carbocycles. The number of phenolic OH excluding ortho intramolecular Hbond substituents is 1. The van der Waals surface area contributed by atoms with Gasteiger partial charge >= 0.3 is 5.97 Å². The Balaban J connectivity index is 1.46. The lowest BCUT2D eigenvalue weighted by atomic mass is 9.98. The summed E-state index contributed by atoms with van der Waals surface area (Å²) >= 11 is 0. The van der Waals surface area contributed by atoms with Crippen LogP contribution < -0.4 is 0 Å². The Morgan fingerprint density at radius 2 is 1.84 bits per heavy atom. The van der Waals surface area contributed by atoms with E-state index in [4.69, 9.17) is 24.1 Å². The van der Waals surface area contributed by atoms with Crippen LogP contribution in [-0.4, -0.2) is 58.1 Å². The van der Waals surface area contributed by atoms with Crippen LogP contribution in [-0.2, 0) is 23.7 Å². The van der Waals surface area contributed by atoms with Gasteiger partial charge in [0.2, 0.25) is 0 Å². The van der Waals surface area contributed by atoms with Crippen LogP contribution in [0.4, 0.5) is 0 Å². The van der Waals surface area contributed by atoms with E-state index in [9.17, 15) is 15.0 Å². The lowest BCUT2D eigenvalue weighted by Crippen LogP contribution is -2.42. The topological polar surface area (TPSA) is 115 Å². The molecule has 0 aliphatic carbocycles. The number of aliphatic carboxylic acids is 1. The smallest absolute Gasteiger partial charge is 0.361 e. The van der Waals surface area contributed by atoms with Crippen molar-refractivity contribution in [2.45, 2.75) is 102 Å². The van der Waals surface area contributed by atoms with Gasteiger partial charge in [-0.3, -0.25) is 0 Å². The van der Waals surface area contributed by atoms with Gasteiger partial charge in [0.05, 0.1) is 30.5 Å². The third-order valence-electron chi connectivity index (χ3n) is 5.87. The molecule has 0 spiro atoms. The maximum absolute atomic E-state index is 11.1. The molecular formula is C23H34O8. The number of hydrogen-bond acceptors (Lipinski definition) is 7. The molecule has 1 aromatic rings. The van der Waals surface area contributed by atoms with Crippen LogP contribution in [0, 0.1) is 0 Å². The van der Waals surface area contributed by atoms with Crippen molar-refractivity contribution < 1.29 is 39.1 Å². The number of carboxylic acids is 1. The first-order valence-corrected chi connectivity index (χ1v) is 11.2. The van der Waals surface area contributed by atoms with Gasteiger partial charge in [-0.15, -0.1) is 0 Å². The number of hydrogen-bond donors (Lipinski definition) is 3. The summed E-state index contributed by atoms with van der Waals surface area (Å²) < 4.78 is 22.8. The van der Waals surface area contributed by atoms with Crippen LogP contribution in [0.25, 0.3) is 0 Å². The van der Waals surface area contributed by atoms with Crippen LogP contribution in [0.1, 0.15) is 70.6 Å². The molecule has 3 rings (SSSR count). The Morgan fingerprint density at radius 1 is 1.10 bits per heavy atom. The number of phenols is 1. The fourth-order valence-electron chi connectivity index (χ4n) is 4.24. The van der Waals surface area contributed by atoms with Gasteiger partial charge in [-0.25, -0.2) is 4.79 Å². The van der Waals surface area contributed by atoms with Crippen molar-refractivity contribution in [1.29, 1.82) is 0 Å². The van der Waals surface area contributed by atoms with E-state index in [1.807, 2.05) is 13.0 Å². The van der Waals surface area contributed by atoms with E-state index in [-0.39, 0.29) is 30.2 Å². The summed E-state index contributed by atoms with van der Waals surface area (Å²) in [6, 6.07) is 7.03.